The molecule has 0 aromatic heterocycles. The van der Waals surface area contributed by atoms with Crippen molar-refractivity contribution in [2.24, 2.45) is 28.8 Å². The van der Waals surface area contributed by atoms with Crippen LogP contribution in [0.4, 0.5) is 0 Å². The summed E-state index contributed by atoms with van der Waals surface area (Å²) in [6, 6.07) is 31.9. The second-order valence-corrected chi connectivity index (χ2v) is 20.6. The molecular formula is C58H70N2O9S. The number of carbonyl (C=O) groups excluding carboxylic acids is 1. The van der Waals surface area contributed by atoms with E-state index in [0.29, 0.717) is 55.5 Å². The van der Waals surface area contributed by atoms with Gasteiger partial charge in [-0.25, -0.2) is 0 Å². The fraction of sp³-hybridized carbons (Fsp3) is 0.483. The number of benzene rings is 4. The Hall–Kier alpha value is -5.27. The molecular weight excluding hydrogens is 901 g/mol. The van der Waals surface area contributed by atoms with Crippen LogP contribution >= 0.6 is 11.8 Å². The third-order valence-electron chi connectivity index (χ3n) is 15.0. The lowest BCUT2D eigenvalue weighted by Crippen LogP contribution is -2.70. The van der Waals surface area contributed by atoms with Crippen molar-refractivity contribution in [3.63, 3.8) is 0 Å². The van der Waals surface area contributed by atoms with Gasteiger partial charge in [-0.1, -0.05) is 110 Å². The van der Waals surface area contributed by atoms with Crippen LogP contribution in [-0.2, 0) is 27.5 Å². The van der Waals surface area contributed by atoms with Crippen LogP contribution in [0.2, 0.25) is 0 Å². The van der Waals surface area contributed by atoms with Crippen LogP contribution in [0.3, 0.4) is 0 Å². The van der Waals surface area contributed by atoms with E-state index in [1.165, 1.54) is 17.7 Å². The van der Waals surface area contributed by atoms with Crippen molar-refractivity contribution in [2.75, 3.05) is 39.0 Å². The number of hydrogen-bond donors (Lipinski definition) is 2. The SMILES string of the molecule is C=CCOC12Oc3ccc(OCCSc4ccccc4)cc3C3C(CCCCO)C(CCCCO)C=C(C(=NOCc4ccccc4)CC1N(Cc1ccc4c(c1)OCO4)C(=O)CCC1CCCC1)C32. The lowest BCUT2D eigenvalue weighted by Gasteiger charge is -2.60. The van der Waals surface area contributed by atoms with Gasteiger partial charge >= 0.3 is 0 Å². The van der Waals surface area contributed by atoms with E-state index in [0.717, 1.165) is 84.4 Å². The number of fused-ring (bicyclic) bond motifs is 3. The van der Waals surface area contributed by atoms with Gasteiger partial charge in [0.15, 0.2) is 11.5 Å². The van der Waals surface area contributed by atoms with E-state index in [4.69, 9.17) is 33.7 Å². The molecule has 12 heteroatoms. The molecule has 0 bridgehead atoms. The van der Waals surface area contributed by atoms with Gasteiger partial charge in [-0.05, 0) is 109 Å². The van der Waals surface area contributed by atoms with E-state index >= 15 is 4.79 Å². The number of aliphatic hydroxyl groups is 2. The third-order valence-corrected chi connectivity index (χ3v) is 16.0. The maximum Gasteiger partial charge on any atom is 0.239 e. The Balaban J connectivity index is 1.18. The number of nitrogens with zero attached hydrogens (tertiary/aromatic N) is 2. The smallest absolute Gasteiger partial charge is 0.239 e. The zero-order chi connectivity index (χ0) is 48.1. The summed E-state index contributed by atoms with van der Waals surface area (Å²) in [7, 11) is 0. The molecule has 0 spiro atoms. The molecule has 11 nitrogen and oxygen atoms in total. The maximum atomic E-state index is 15.4. The molecule has 1 amide bonds. The molecule has 2 saturated carbocycles. The topological polar surface area (TPSA) is 129 Å². The van der Waals surface area contributed by atoms with Crippen molar-refractivity contribution in [3.8, 4) is 23.0 Å². The van der Waals surface area contributed by atoms with Crippen LogP contribution in [-0.4, -0.2) is 77.5 Å². The first-order chi connectivity index (χ1) is 34.5. The molecule has 2 heterocycles. The highest BCUT2D eigenvalue weighted by atomic mass is 32.2. The molecule has 0 radical (unpaired) electrons. The van der Waals surface area contributed by atoms with Crippen LogP contribution in [0.1, 0.15) is 106 Å². The standard InChI is InChI=1S/C58H70N2O9S/c1-2-31-67-58-54(60(55(63)28-24-41-15-9-10-16-41)38-43-23-26-52-53(34-43)66-40-65-52)37-50(59-68-39-42-17-5-3-6-18-42)48-35-44(19-11-13-29-61)47(22-12-14-30-62)56(57(48)58)49-36-45(25-27-51(49)69-58)64-32-33-70-46-20-7-4-8-21-46/h2-8,17-18,20-21,23,25-27,34-36,41,44,47,54,56-57,61-62H,1,9-16,19,22,24,28-33,37-40H2. The Morgan fingerprint density at radius 3 is 2.40 bits per heavy atom. The van der Waals surface area contributed by atoms with Crippen LogP contribution in [0.25, 0.3) is 0 Å². The Bertz CT molecular complexity index is 2410. The number of thioether (sulfide) groups is 1. The Morgan fingerprint density at radius 2 is 1.61 bits per heavy atom. The third kappa shape index (κ3) is 11.6. The second-order valence-electron chi connectivity index (χ2n) is 19.4. The fourth-order valence-corrected chi connectivity index (χ4v) is 12.5. The zero-order valence-corrected chi connectivity index (χ0v) is 41.3. The molecule has 4 aromatic carbocycles. The number of rotatable bonds is 25. The molecule has 4 aromatic rings. The van der Waals surface area contributed by atoms with Crippen LogP contribution in [0.15, 0.2) is 131 Å². The molecule has 2 fully saturated rings. The molecule has 3 aliphatic carbocycles. The van der Waals surface area contributed by atoms with Crippen LogP contribution in [0.5, 0.6) is 23.0 Å². The van der Waals surface area contributed by atoms with E-state index in [1.54, 1.807) is 17.8 Å². The minimum Gasteiger partial charge on any atom is -0.493 e. The quantitative estimate of drug-likeness (QED) is 0.0287. The summed E-state index contributed by atoms with van der Waals surface area (Å²) in [4.78, 5) is 25.0. The second kappa shape index (κ2) is 24.2. The van der Waals surface area contributed by atoms with Gasteiger partial charge < -0.3 is 43.6 Å². The highest BCUT2D eigenvalue weighted by molar-refractivity contribution is 7.99. The molecule has 70 heavy (non-hydrogen) atoms. The molecule has 6 atom stereocenters. The lowest BCUT2D eigenvalue weighted by molar-refractivity contribution is -0.258. The van der Waals surface area contributed by atoms with Crippen LogP contribution in [0, 0.1) is 23.7 Å². The number of hydrogen-bond acceptors (Lipinski definition) is 11. The number of aliphatic hydroxyl groups excluding tert-OH is 2. The van der Waals surface area contributed by atoms with Gasteiger partial charge in [-0.2, -0.15) is 0 Å². The zero-order valence-electron chi connectivity index (χ0n) is 40.5. The lowest BCUT2D eigenvalue weighted by atomic mass is 9.55. The number of oxime groups is 1. The molecule has 372 valence electrons. The summed E-state index contributed by atoms with van der Waals surface area (Å²) < 4.78 is 33.1. The van der Waals surface area contributed by atoms with E-state index in [-0.39, 0.29) is 63.4 Å². The Morgan fingerprint density at radius 1 is 0.857 bits per heavy atom. The van der Waals surface area contributed by atoms with Gasteiger partial charge in [0, 0.05) is 54.7 Å². The molecule has 6 unspecified atom stereocenters. The van der Waals surface area contributed by atoms with Gasteiger partial charge in [0.2, 0.25) is 18.5 Å². The minimum absolute atomic E-state index is 0.0355. The first-order valence-electron chi connectivity index (χ1n) is 25.7. The van der Waals surface area contributed by atoms with Crippen molar-refractivity contribution in [2.45, 2.75) is 119 Å². The predicted molar refractivity (Wildman–Crippen MR) is 273 cm³/mol. The van der Waals surface area contributed by atoms with E-state index in [2.05, 4.69) is 43.0 Å². The molecule has 0 saturated heterocycles. The summed E-state index contributed by atoms with van der Waals surface area (Å²) in [5, 5.41) is 25.3. The largest absolute Gasteiger partial charge is 0.493 e. The van der Waals surface area contributed by atoms with Crippen molar-refractivity contribution in [1.82, 2.24) is 4.90 Å². The fourth-order valence-electron chi connectivity index (χ4n) is 11.7. The van der Waals surface area contributed by atoms with Crippen molar-refractivity contribution in [3.05, 3.63) is 138 Å². The summed E-state index contributed by atoms with van der Waals surface area (Å²) in [5.74, 6) is 2.34. The van der Waals surface area contributed by atoms with E-state index in [9.17, 15) is 10.2 Å². The number of unbranched alkanes of at least 4 members (excludes halogenated alkanes) is 2. The molecule has 2 N–H and O–H groups in total. The molecule has 5 aliphatic rings. The van der Waals surface area contributed by atoms with Crippen LogP contribution < -0.4 is 18.9 Å². The van der Waals surface area contributed by atoms with E-state index in [1.807, 2.05) is 71.6 Å². The first-order valence-corrected chi connectivity index (χ1v) is 26.7. The number of allylic oxidation sites excluding steroid dienone is 1. The molecule has 2 aliphatic heterocycles. The highest BCUT2D eigenvalue weighted by Gasteiger charge is 2.65. The monoisotopic (exact) mass is 970 g/mol. The normalized spacial score (nSPS) is 23.8. The number of carbonyl (C=O) groups is 1. The Kier molecular flexibility index (Phi) is 17.2. The van der Waals surface area contributed by atoms with Gasteiger partial charge in [0.25, 0.3) is 0 Å². The van der Waals surface area contributed by atoms with Gasteiger partial charge in [0.05, 0.1) is 24.8 Å². The van der Waals surface area contributed by atoms with Crippen molar-refractivity contribution < 1.29 is 43.5 Å². The average Bonchev–Trinajstić information content (AvgIpc) is 4.10. The maximum absolute atomic E-state index is 15.4. The summed E-state index contributed by atoms with van der Waals surface area (Å²) in [6.07, 6.45) is 15.1. The van der Waals surface area contributed by atoms with E-state index < -0.39 is 17.7 Å². The minimum atomic E-state index is -1.38. The summed E-state index contributed by atoms with van der Waals surface area (Å²) in [6.45, 7) is 5.79. The van der Waals surface area contributed by atoms with Gasteiger partial charge in [-0.15, -0.1) is 18.3 Å². The van der Waals surface area contributed by atoms with Gasteiger partial charge in [-0.3, -0.25) is 4.79 Å². The van der Waals surface area contributed by atoms with Gasteiger partial charge in [0.1, 0.15) is 24.1 Å². The number of amides is 1. The van der Waals surface area contributed by atoms with Crippen molar-refractivity contribution >= 4 is 23.4 Å². The average molecular weight is 971 g/mol. The summed E-state index contributed by atoms with van der Waals surface area (Å²) >= 11 is 1.76. The van der Waals surface area contributed by atoms with Crippen molar-refractivity contribution in [1.29, 1.82) is 0 Å². The summed E-state index contributed by atoms with van der Waals surface area (Å²) in [5.41, 5.74) is 4.71. The first kappa shape index (κ1) is 49.7. The molecule has 9 rings (SSSR count). The predicted octanol–water partition coefficient (Wildman–Crippen LogP) is 11.4. The highest BCUT2D eigenvalue weighted by Crippen LogP contribution is 2.62. The number of ether oxygens (including phenoxy) is 5. The Labute approximate surface area is 418 Å².